The summed E-state index contributed by atoms with van der Waals surface area (Å²) in [5, 5.41) is 7.14. The minimum absolute atomic E-state index is 0.331. The molecule has 0 saturated heterocycles. The number of pyridine rings is 1. The molecule has 1 aliphatic heterocycles. The molecule has 0 spiro atoms. The Morgan fingerprint density at radius 2 is 2.10 bits per heavy atom. The number of aryl methyl sites for hydroxylation is 1. The summed E-state index contributed by atoms with van der Waals surface area (Å²) in [4.78, 5) is 4.07. The van der Waals surface area contributed by atoms with E-state index in [2.05, 4.69) is 52.9 Å². The zero-order valence-electron chi connectivity index (χ0n) is 11.9. The van der Waals surface area contributed by atoms with Gasteiger partial charge >= 0.3 is 0 Å². The number of rotatable bonds is 4. The highest BCUT2D eigenvalue weighted by Gasteiger charge is 2.12. The highest BCUT2D eigenvalue weighted by atomic mass is 14.9. The lowest BCUT2D eigenvalue weighted by Crippen LogP contribution is -2.21. The lowest BCUT2D eigenvalue weighted by atomic mass is 9.99. The summed E-state index contributed by atoms with van der Waals surface area (Å²) in [5.74, 6) is 0. The molecule has 3 heteroatoms. The van der Waals surface area contributed by atoms with Crippen molar-refractivity contribution in [1.29, 1.82) is 0 Å². The van der Waals surface area contributed by atoms with E-state index < -0.39 is 0 Å². The molecule has 2 heterocycles. The molecule has 0 aliphatic carbocycles. The van der Waals surface area contributed by atoms with Gasteiger partial charge in [-0.3, -0.25) is 4.98 Å². The fourth-order valence-corrected chi connectivity index (χ4v) is 2.76. The molecule has 0 radical (unpaired) electrons. The highest BCUT2D eigenvalue weighted by Crippen LogP contribution is 2.26. The van der Waals surface area contributed by atoms with Gasteiger partial charge in [0.15, 0.2) is 0 Å². The molecule has 3 nitrogen and oxygen atoms in total. The molecule has 0 amide bonds. The second kappa shape index (κ2) is 6.06. The van der Waals surface area contributed by atoms with Gasteiger partial charge in [-0.2, -0.15) is 0 Å². The van der Waals surface area contributed by atoms with Crippen molar-refractivity contribution in [3.05, 3.63) is 59.4 Å². The summed E-state index contributed by atoms with van der Waals surface area (Å²) in [7, 11) is 0. The van der Waals surface area contributed by atoms with Gasteiger partial charge in [-0.15, -0.1) is 0 Å². The smallest absolute Gasteiger partial charge is 0.0418 e. The maximum Gasteiger partial charge on any atom is 0.0418 e. The van der Waals surface area contributed by atoms with E-state index in [1.54, 1.807) is 0 Å². The number of nitrogens with one attached hydrogen (secondary N) is 2. The Labute approximate surface area is 120 Å². The Morgan fingerprint density at radius 1 is 1.25 bits per heavy atom. The van der Waals surface area contributed by atoms with Crippen molar-refractivity contribution < 1.29 is 0 Å². The van der Waals surface area contributed by atoms with Crippen LogP contribution in [0.4, 0.5) is 5.69 Å². The number of anilines is 1. The van der Waals surface area contributed by atoms with Crippen molar-refractivity contribution in [2.75, 3.05) is 11.9 Å². The van der Waals surface area contributed by atoms with Gasteiger partial charge in [0.1, 0.15) is 0 Å². The molecule has 0 bridgehead atoms. The average Bonchev–Trinajstić information content (AvgIpc) is 2.53. The molecule has 2 aromatic rings. The van der Waals surface area contributed by atoms with Gasteiger partial charge in [0.25, 0.3) is 0 Å². The second-order valence-corrected chi connectivity index (χ2v) is 5.36. The third-order valence-corrected chi connectivity index (χ3v) is 3.97. The lowest BCUT2D eigenvalue weighted by molar-refractivity contribution is 0.574. The van der Waals surface area contributed by atoms with E-state index in [4.69, 9.17) is 0 Å². The third-order valence-electron chi connectivity index (χ3n) is 3.97. The summed E-state index contributed by atoms with van der Waals surface area (Å²) in [6.07, 6.45) is 6.12. The average molecular weight is 267 g/mol. The number of hydrogen-bond donors (Lipinski definition) is 2. The van der Waals surface area contributed by atoms with Gasteiger partial charge in [-0.25, -0.2) is 0 Å². The van der Waals surface area contributed by atoms with Crippen LogP contribution in [0.3, 0.4) is 0 Å². The van der Waals surface area contributed by atoms with E-state index in [1.807, 2.05) is 12.4 Å². The molecule has 1 aromatic heterocycles. The summed E-state index contributed by atoms with van der Waals surface area (Å²) < 4.78 is 0. The SMILES string of the molecule is CC(NCc1cccc2c1NCCC2)c1ccncc1. The monoisotopic (exact) mass is 267 g/mol. The predicted molar refractivity (Wildman–Crippen MR) is 82.7 cm³/mol. The molecule has 1 aromatic carbocycles. The van der Waals surface area contributed by atoms with Gasteiger partial charge in [0, 0.05) is 37.2 Å². The van der Waals surface area contributed by atoms with Gasteiger partial charge in [-0.1, -0.05) is 18.2 Å². The van der Waals surface area contributed by atoms with E-state index >= 15 is 0 Å². The van der Waals surface area contributed by atoms with E-state index in [-0.39, 0.29) is 0 Å². The number of nitrogens with zero attached hydrogens (tertiary/aromatic N) is 1. The van der Waals surface area contributed by atoms with Gasteiger partial charge in [0.2, 0.25) is 0 Å². The molecular weight excluding hydrogens is 246 g/mol. The van der Waals surface area contributed by atoms with Crippen LogP contribution in [0, 0.1) is 0 Å². The Morgan fingerprint density at radius 3 is 2.95 bits per heavy atom. The van der Waals surface area contributed by atoms with E-state index in [9.17, 15) is 0 Å². The summed E-state index contributed by atoms with van der Waals surface area (Å²) in [6, 6.07) is 11.1. The van der Waals surface area contributed by atoms with Crippen LogP contribution in [-0.2, 0) is 13.0 Å². The molecule has 3 rings (SSSR count). The fourth-order valence-electron chi connectivity index (χ4n) is 2.76. The van der Waals surface area contributed by atoms with Crippen LogP contribution in [0.25, 0.3) is 0 Å². The highest BCUT2D eigenvalue weighted by molar-refractivity contribution is 5.59. The minimum atomic E-state index is 0.331. The summed E-state index contributed by atoms with van der Waals surface area (Å²) in [6.45, 7) is 4.17. The maximum absolute atomic E-state index is 4.07. The largest absolute Gasteiger partial charge is 0.385 e. The van der Waals surface area contributed by atoms with Gasteiger partial charge in [0.05, 0.1) is 0 Å². The van der Waals surface area contributed by atoms with E-state index in [0.29, 0.717) is 6.04 Å². The second-order valence-electron chi connectivity index (χ2n) is 5.36. The first-order chi connectivity index (χ1) is 9.84. The molecule has 1 unspecified atom stereocenters. The predicted octanol–water partition coefficient (Wildman–Crippen LogP) is 3.29. The Hall–Kier alpha value is -1.87. The molecule has 1 aliphatic rings. The van der Waals surface area contributed by atoms with Crippen molar-refractivity contribution in [1.82, 2.24) is 10.3 Å². The Balaban J connectivity index is 1.70. The molecule has 20 heavy (non-hydrogen) atoms. The molecule has 1 atom stereocenters. The molecule has 0 fully saturated rings. The number of benzene rings is 1. The molecular formula is C17H21N3. The van der Waals surface area contributed by atoms with Crippen LogP contribution in [0.2, 0.25) is 0 Å². The van der Waals surface area contributed by atoms with E-state index in [0.717, 1.165) is 13.1 Å². The topological polar surface area (TPSA) is 37.0 Å². The number of para-hydroxylation sites is 1. The standard InChI is InChI=1S/C17H21N3/c1-13(14-7-10-18-11-8-14)20-12-16-5-2-4-15-6-3-9-19-17(15)16/h2,4-5,7-8,10-11,13,19-20H,3,6,9,12H2,1H3. The number of hydrogen-bond acceptors (Lipinski definition) is 3. The summed E-state index contributed by atoms with van der Waals surface area (Å²) >= 11 is 0. The van der Waals surface area contributed by atoms with Crippen molar-refractivity contribution in [3.63, 3.8) is 0 Å². The third kappa shape index (κ3) is 2.83. The van der Waals surface area contributed by atoms with Crippen molar-refractivity contribution in [2.45, 2.75) is 32.4 Å². The first-order valence-corrected chi connectivity index (χ1v) is 7.32. The Bertz CT molecular complexity index is 566. The molecule has 0 saturated carbocycles. The van der Waals surface area contributed by atoms with Gasteiger partial charge < -0.3 is 10.6 Å². The van der Waals surface area contributed by atoms with Crippen LogP contribution in [0.5, 0.6) is 0 Å². The normalized spacial score (nSPS) is 15.2. The molecule has 2 N–H and O–H groups in total. The molecule has 104 valence electrons. The summed E-state index contributed by atoms with van der Waals surface area (Å²) in [5.41, 5.74) is 5.43. The van der Waals surface area contributed by atoms with Crippen LogP contribution in [0.1, 0.15) is 36.1 Å². The zero-order valence-corrected chi connectivity index (χ0v) is 11.9. The maximum atomic E-state index is 4.07. The van der Waals surface area contributed by atoms with E-state index in [1.165, 1.54) is 35.2 Å². The lowest BCUT2D eigenvalue weighted by Gasteiger charge is -2.22. The van der Waals surface area contributed by atoms with Crippen LogP contribution in [-0.4, -0.2) is 11.5 Å². The van der Waals surface area contributed by atoms with Crippen molar-refractivity contribution in [2.24, 2.45) is 0 Å². The number of fused-ring (bicyclic) bond motifs is 1. The Kier molecular flexibility index (Phi) is 3.97. The quantitative estimate of drug-likeness (QED) is 0.892. The number of aromatic nitrogens is 1. The van der Waals surface area contributed by atoms with Crippen LogP contribution in [0.15, 0.2) is 42.7 Å². The van der Waals surface area contributed by atoms with Crippen molar-refractivity contribution in [3.8, 4) is 0 Å². The minimum Gasteiger partial charge on any atom is -0.385 e. The zero-order chi connectivity index (χ0) is 13.8. The van der Waals surface area contributed by atoms with Gasteiger partial charge in [-0.05, 0) is 48.6 Å². The fraction of sp³-hybridized carbons (Fsp3) is 0.353. The van der Waals surface area contributed by atoms with Crippen LogP contribution < -0.4 is 10.6 Å². The first kappa shape index (κ1) is 13.1. The first-order valence-electron chi connectivity index (χ1n) is 7.32. The van der Waals surface area contributed by atoms with Crippen LogP contribution >= 0.6 is 0 Å². The van der Waals surface area contributed by atoms with Crippen molar-refractivity contribution >= 4 is 5.69 Å².